The van der Waals surface area contributed by atoms with Crippen molar-refractivity contribution >= 4 is 29.7 Å². The molecule has 1 aromatic heterocycles. The molecule has 5 atom stereocenters. The normalized spacial score (nSPS) is 36.0. The molecule has 6 rings (SSSR count). The molecule has 4 aliphatic rings. The summed E-state index contributed by atoms with van der Waals surface area (Å²) in [7, 11) is -0.371. The van der Waals surface area contributed by atoms with Crippen molar-refractivity contribution in [2.75, 3.05) is 0 Å². The summed E-state index contributed by atoms with van der Waals surface area (Å²) in [6, 6.07) is 5.78. The summed E-state index contributed by atoms with van der Waals surface area (Å²) in [4.78, 5) is 0. The summed E-state index contributed by atoms with van der Waals surface area (Å²) >= 11 is 6.21. The van der Waals surface area contributed by atoms with Crippen LogP contribution in [-0.2, 0) is 15.7 Å². The number of furan rings is 1. The van der Waals surface area contributed by atoms with Gasteiger partial charge in [-0.3, -0.25) is 0 Å². The summed E-state index contributed by atoms with van der Waals surface area (Å²) in [5.41, 5.74) is 8.40. The average molecular weight is 374 g/mol. The number of rotatable bonds is 3. The van der Waals surface area contributed by atoms with Crippen molar-refractivity contribution in [3.8, 4) is 0 Å². The lowest BCUT2D eigenvalue weighted by atomic mass is 9.43. The van der Waals surface area contributed by atoms with Gasteiger partial charge in [0.15, 0.2) is 5.58 Å². The molecule has 0 unspecified atom stereocenters. The van der Waals surface area contributed by atoms with Gasteiger partial charge in [0.05, 0.1) is 23.0 Å². The van der Waals surface area contributed by atoms with Gasteiger partial charge in [0.1, 0.15) is 0 Å². The van der Waals surface area contributed by atoms with Gasteiger partial charge in [0, 0.05) is 11.3 Å². The van der Waals surface area contributed by atoms with Gasteiger partial charge in [-0.2, -0.15) is 0 Å². The molecule has 0 amide bonds. The zero-order chi connectivity index (χ0) is 18.3. The van der Waals surface area contributed by atoms with Gasteiger partial charge in [-0.25, -0.2) is 0 Å². The molecule has 4 fully saturated rings. The third-order valence-electron chi connectivity index (χ3n) is 7.41. The van der Waals surface area contributed by atoms with Crippen LogP contribution in [0.15, 0.2) is 28.9 Å². The molecule has 3 aliphatic carbocycles. The first-order valence-corrected chi connectivity index (χ1v) is 9.92. The molecular weight excluding hydrogens is 348 g/mol. The fourth-order valence-corrected chi connectivity index (χ4v) is 5.88. The van der Waals surface area contributed by atoms with E-state index in [4.69, 9.17) is 31.1 Å². The molecule has 2 aromatic rings. The number of fused-ring (bicyclic) bond motifs is 1. The molecule has 3 saturated carbocycles. The second kappa shape index (κ2) is 5.51. The fourth-order valence-electron chi connectivity index (χ4n) is 5.67. The fraction of sp³-hybridized carbons (Fsp3) is 0.600. The van der Waals surface area contributed by atoms with E-state index in [1.807, 2.05) is 18.2 Å². The third kappa shape index (κ3) is 2.21. The smallest absolute Gasteiger partial charge is 0.462 e. The van der Waals surface area contributed by atoms with E-state index in [9.17, 15) is 0 Å². The minimum atomic E-state index is -0.371. The maximum Gasteiger partial charge on any atom is 0.475 e. The van der Waals surface area contributed by atoms with E-state index in [2.05, 4.69) is 20.8 Å². The molecule has 2 heterocycles. The van der Waals surface area contributed by atoms with Crippen LogP contribution in [0.2, 0.25) is 5.02 Å². The van der Waals surface area contributed by atoms with Crippen molar-refractivity contribution in [1.82, 2.24) is 0 Å². The molecule has 1 saturated heterocycles. The van der Waals surface area contributed by atoms with E-state index in [0.717, 1.165) is 23.3 Å². The first-order chi connectivity index (χ1) is 12.3. The maximum absolute atomic E-state index is 6.51. The molecule has 138 valence electrons. The second-order valence-electron chi connectivity index (χ2n) is 9.08. The second-order valence-corrected chi connectivity index (χ2v) is 9.49. The van der Waals surface area contributed by atoms with E-state index in [-0.39, 0.29) is 24.8 Å². The minimum Gasteiger partial charge on any atom is -0.462 e. The first-order valence-electron chi connectivity index (χ1n) is 9.54. The molecule has 0 radical (unpaired) electrons. The van der Waals surface area contributed by atoms with Crippen LogP contribution in [0.4, 0.5) is 0 Å². The minimum absolute atomic E-state index is 0.158. The summed E-state index contributed by atoms with van der Waals surface area (Å²) in [6.45, 7) is 6.95. The van der Waals surface area contributed by atoms with Gasteiger partial charge >= 0.3 is 7.12 Å². The zero-order valence-corrected chi connectivity index (χ0v) is 16.3. The van der Waals surface area contributed by atoms with Crippen molar-refractivity contribution in [2.45, 2.75) is 57.7 Å². The molecule has 1 aliphatic heterocycles. The monoisotopic (exact) mass is 373 g/mol. The molecule has 6 heteroatoms. The Labute approximate surface area is 159 Å². The van der Waals surface area contributed by atoms with Crippen molar-refractivity contribution in [1.29, 1.82) is 0 Å². The Morgan fingerprint density at radius 2 is 2.12 bits per heavy atom. The van der Waals surface area contributed by atoms with E-state index in [0.29, 0.717) is 28.4 Å². The summed E-state index contributed by atoms with van der Waals surface area (Å²) in [5.74, 6) is 1.05. The first kappa shape index (κ1) is 17.1. The third-order valence-corrected chi connectivity index (χ3v) is 7.70. The Balaban J connectivity index is 1.36. The molecular formula is C20H25BClNO3. The highest BCUT2D eigenvalue weighted by Crippen LogP contribution is 2.65. The number of hydrogen-bond donors (Lipinski definition) is 1. The Bertz CT molecular complexity index is 868. The van der Waals surface area contributed by atoms with Crippen LogP contribution in [-0.4, -0.2) is 24.8 Å². The Hall–Kier alpha value is -1.01. The van der Waals surface area contributed by atoms with Gasteiger partial charge in [-0.1, -0.05) is 37.6 Å². The highest BCUT2D eigenvalue weighted by Gasteiger charge is 2.68. The van der Waals surface area contributed by atoms with Crippen LogP contribution in [0.25, 0.3) is 11.0 Å². The van der Waals surface area contributed by atoms with Gasteiger partial charge in [0.2, 0.25) is 0 Å². The van der Waals surface area contributed by atoms with Gasteiger partial charge in [-0.15, -0.1) is 0 Å². The van der Waals surface area contributed by atoms with Crippen molar-refractivity contribution in [3.63, 3.8) is 0 Å². The molecule has 26 heavy (non-hydrogen) atoms. The topological polar surface area (TPSA) is 57.6 Å². The summed E-state index contributed by atoms with van der Waals surface area (Å²) < 4.78 is 18.4. The quantitative estimate of drug-likeness (QED) is 0.818. The molecule has 0 spiro atoms. The van der Waals surface area contributed by atoms with Crippen LogP contribution in [0, 0.1) is 17.3 Å². The lowest BCUT2D eigenvalue weighted by molar-refractivity contribution is -0.199. The largest absolute Gasteiger partial charge is 0.475 e. The molecule has 2 bridgehead atoms. The van der Waals surface area contributed by atoms with Crippen LogP contribution in [0.3, 0.4) is 0 Å². The van der Waals surface area contributed by atoms with Crippen LogP contribution in [0.5, 0.6) is 0 Å². The zero-order valence-electron chi connectivity index (χ0n) is 15.5. The highest BCUT2D eigenvalue weighted by atomic mass is 35.5. The van der Waals surface area contributed by atoms with Crippen molar-refractivity contribution in [2.24, 2.45) is 23.0 Å². The van der Waals surface area contributed by atoms with Gasteiger partial charge < -0.3 is 19.5 Å². The molecule has 1 aromatic carbocycles. The van der Waals surface area contributed by atoms with E-state index in [1.165, 1.54) is 6.42 Å². The number of halogens is 1. The van der Waals surface area contributed by atoms with Crippen LogP contribution < -0.4 is 5.73 Å². The van der Waals surface area contributed by atoms with Crippen molar-refractivity contribution < 1.29 is 13.7 Å². The van der Waals surface area contributed by atoms with E-state index in [1.54, 1.807) is 6.26 Å². The van der Waals surface area contributed by atoms with E-state index < -0.39 is 0 Å². The average Bonchev–Trinajstić information content (AvgIpc) is 3.16. The Kier molecular flexibility index (Phi) is 3.63. The lowest BCUT2D eigenvalue weighted by Crippen LogP contribution is -2.65. The summed E-state index contributed by atoms with van der Waals surface area (Å²) in [5, 5.41) is 1.63. The molecule has 4 nitrogen and oxygen atoms in total. The van der Waals surface area contributed by atoms with Gasteiger partial charge in [-0.05, 0) is 55.1 Å². The maximum atomic E-state index is 6.51. The summed E-state index contributed by atoms with van der Waals surface area (Å²) in [6.07, 6.45) is 4.87. The predicted octanol–water partition coefficient (Wildman–Crippen LogP) is 4.22. The molecule has 2 N–H and O–H groups in total. The Morgan fingerprint density at radius 1 is 1.31 bits per heavy atom. The lowest BCUT2D eigenvalue weighted by Gasteiger charge is -2.64. The number of hydrogen-bond acceptors (Lipinski definition) is 4. The highest BCUT2D eigenvalue weighted by molar-refractivity contribution is 6.47. The number of benzene rings is 1. The predicted molar refractivity (Wildman–Crippen MR) is 103 cm³/mol. The van der Waals surface area contributed by atoms with Gasteiger partial charge in [0.25, 0.3) is 0 Å². The Morgan fingerprint density at radius 3 is 2.88 bits per heavy atom. The van der Waals surface area contributed by atoms with Crippen LogP contribution in [0.1, 0.15) is 39.2 Å². The number of para-hydroxylation sites is 1. The van der Waals surface area contributed by atoms with Crippen molar-refractivity contribution in [3.05, 3.63) is 35.0 Å². The SMILES string of the molecule is CC1(C)[C@@H]2C[C@H]3OB([C@@H](N)Cc4coc5c(Cl)cccc45)O[C@@]3(C)[C@H]1C2. The van der Waals surface area contributed by atoms with Crippen LogP contribution >= 0.6 is 11.6 Å². The number of nitrogens with two attached hydrogens (primary N) is 1. The van der Waals surface area contributed by atoms with E-state index >= 15 is 0 Å². The standard InChI is InChI=1S/C20H25BClNO3/c1-19(2)12-8-15(19)20(3)16(9-12)25-21(26-20)17(23)7-11-10-24-18-13(11)5-4-6-14(18)22/h4-6,10,12,15-17H,7-9,23H2,1-3H3/t12-,15-,16+,17-,20-/m0/s1.